The van der Waals surface area contributed by atoms with E-state index in [1.165, 1.54) is 23.5 Å². The second kappa shape index (κ2) is 7.90. The fourth-order valence-electron chi connectivity index (χ4n) is 2.48. The molecule has 0 fully saturated rings. The third-order valence-electron chi connectivity index (χ3n) is 3.73. The van der Waals surface area contributed by atoms with Crippen molar-refractivity contribution in [2.75, 3.05) is 32.1 Å². The maximum Gasteiger partial charge on any atom is 0.324 e. The molecule has 2 heterocycles. The molecule has 26 heavy (non-hydrogen) atoms. The second-order valence-electron chi connectivity index (χ2n) is 5.97. The molecule has 0 aliphatic heterocycles. The Hall–Kier alpha value is -2.36. The zero-order valence-electron chi connectivity index (χ0n) is 14.4. The largest absolute Gasteiger partial charge is 0.324 e. The lowest BCUT2D eigenvalue weighted by Gasteiger charge is -2.20. The van der Waals surface area contributed by atoms with Gasteiger partial charge in [0, 0.05) is 12.6 Å². The van der Waals surface area contributed by atoms with E-state index in [1.54, 1.807) is 4.90 Å². The molecule has 1 aromatic carbocycles. The number of carbonyl (C=O) groups excluding carboxylic acids is 1. The number of nitro groups is 1. The van der Waals surface area contributed by atoms with Crippen LogP contribution in [0.3, 0.4) is 0 Å². The molecule has 0 radical (unpaired) electrons. The number of thiazole rings is 1. The van der Waals surface area contributed by atoms with Gasteiger partial charge in [0.25, 0.3) is 5.91 Å². The van der Waals surface area contributed by atoms with Crippen molar-refractivity contribution < 1.29 is 9.72 Å². The molecule has 0 spiro atoms. The predicted octanol–water partition coefficient (Wildman–Crippen LogP) is 3.86. The number of thiophene rings is 1. The number of anilines is 1. The number of para-hydroxylation sites is 1. The van der Waals surface area contributed by atoms with Crippen LogP contribution in [0.25, 0.3) is 10.2 Å². The lowest BCUT2D eigenvalue weighted by molar-refractivity contribution is -0.380. The average molecular weight is 390 g/mol. The van der Waals surface area contributed by atoms with Crippen molar-refractivity contribution in [3.8, 4) is 0 Å². The minimum atomic E-state index is -0.477. The summed E-state index contributed by atoms with van der Waals surface area (Å²) in [5, 5.41) is 11.5. The van der Waals surface area contributed by atoms with Crippen molar-refractivity contribution in [3.05, 3.63) is 51.4 Å². The summed E-state index contributed by atoms with van der Waals surface area (Å²) in [5.41, 5.74) is 0.843. The zero-order valence-corrected chi connectivity index (χ0v) is 16.0. The maximum absolute atomic E-state index is 13.0. The topological polar surface area (TPSA) is 79.6 Å². The van der Waals surface area contributed by atoms with Gasteiger partial charge < -0.3 is 4.90 Å². The predicted molar refractivity (Wildman–Crippen MR) is 105 cm³/mol. The number of fused-ring (bicyclic) bond motifs is 1. The van der Waals surface area contributed by atoms with Gasteiger partial charge in [-0.3, -0.25) is 19.8 Å². The molecule has 0 N–H and O–H groups in total. The van der Waals surface area contributed by atoms with Crippen LogP contribution in [0.4, 0.5) is 10.1 Å². The molecule has 0 saturated heterocycles. The molecular weight excluding hydrogens is 372 g/mol. The van der Waals surface area contributed by atoms with Crippen molar-refractivity contribution in [3.63, 3.8) is 0 Å². The Morgan fingerprint density at radius 1 is 1.15 bits per heavy atom. The van der Waals surface area contributed by atoms with E-state index in [4.69, 9.17) is 0 Å². The second-order valence-corrected chi connectivity index (χ2v) is 8.04. The van der Waals surface area contributed by atoms with E-state index < -0.39 is 4.92 Å². The first-order chi connectivity index (χ1) is 12.5. The summed E-state index contributed by atoms with van der Waals surface area (Å²) in [4.78, 5) is 32.0. The van der Waals surface area contributed by atoms with Gasteiger partial charge in [-0.15, -0.1) is 0 Å². The Kier molecular flexibility index (Phi) is 5.60. The molecule has 0 bridgehead atoms. The highest BCUT2D eigenvalue weighted by Crippen LogP contribution is 2.32. The lowest BCUT2D eigenvalue weighted by Crippen LogP contribution is -2.32. The summed E-state index contributed by atoms with van der Waals surface area (Å²) >= 11 is 2.35. The first kappa shape index (κ1) is 18.4. The number of hydrogen-bond acceptors (Lipinski definition) is 7. The fourth-order valence-corrected chi connectivity index (χ4v) is 4.24. The van der Waals surface area contributed by atoms with Gasteiger partial charge in [-0.25, -0.2) is 4.98 Å². The first-order valence-electron chi connectivity index (χ1n) is 8.02. The number of hydrogen-bond donors (Lipinski definition) is 0. The van der Waals surface area contributed by atoms with Gasteiger partial charge in [-0.1, -0.05) is 34.8 Å². The number of nitrogens with zero attached hydrogens (tertiary/aromatic N) is 4. The van der Waals surface area contributed by atoms with Crippen LogP contribution in [0.15, 0.2) is 36.4 Å². The quantitative estimate of drug-likeness (QED) is 0.452. The molecule has 0 aliphatic carbocycles. The Morgan fingerprint density at radius 2 is 1.92 bits per heavy atom. The molecule has 3 aromatic rings. The normalized spacial score (nSPS) is 11.2. The van der Waals surface area contributed by atoms with Crippen LogP contribution in [0.2, 0.25) is 0 Å². The molecule has 3 rings (SSSR count). The molecule has 1 amide bonds. The monoisotopic (exact) mass is 390 g/mol. The molecule has 7 nitrogen and oxygen atoms in total. The molecule has 0 unspecified atom stereocenters. The number of benzene rings is 1. The Labute approximate surface area is 158 Å². The highest BCUT2D eigenvalue weighted by atomic mass is 32.1. The standard InChI is InChI=1S/C17H18N4O3S2/c1-19(2)10-5-11-20(16(22)14-8-9-15(25-14)21(23)24)17-18-12-6-3-4-7-13(12)26-17/h3-4,6-9H,5,10-11H2,1-2H3. The Morgan fingerprint density at radius 3 is 2.58 bits per heavy atom. The fraction of sp³-hybridized carbons (Fsp3) is 0.294. The van der Waals surface area contributed by atoms with Crippen LogP contribution in [-0.2, 0) is 0 Å². The van der Waals surface area contributed by atoms with Gasteiger partial charge in [0.15, 0.2) is 5.13 Å². The van der Waals surface area contributed by atoms with Crippen molar-refractivity contribution in [2.24, 2.45) is 0 Å². The van der Waals surface area contributed by atoms with Gasteiger partial charge in [0.05, 0.1) is 20.0 Å². The van der Waals surface area contributed by atoms with Gasteiger partial charge in [0.1, 0.15) is 0 Å². The van der Waals surface area contributed by atoms with Crippen LogP contribution in [-0.4, -0.2) is 47.9 Å². The summed E-state index contributed by atoms with van der Waals surface area (Å²) in [6, 6.07) is 10.6. The van der Waals surface area contributed by atoms with Gasteiger partial charge in [-0.2, -0.15) is 0 Å². The van der Waals surface area contributed by atoms with Crippen molar-refractivity contribution >= 4 is 48.9 Å². The van der Waals surface area contributed by atoms with Crippen LogP contribution in [0.1, 0.15) is 16.1 Å². The third kappa shape index (κ3) is 4.06. The van der Waals surface area contributed by atoms with Crippen molar-refractivity contribution in [2.45, 2.75) is 6.42 Å². The van der Waals surface area contributed by atoms with E-state index in [-0.39, 0.29) is 10.9 Å². The summed E-state index contributed by atoms with van der Waals surface area (Å²) < 4.78 is 1.00. The highest BCUT2D eigenvalue weighted by Gasteiger charge is 2.24. The van der Waals surface area contributed by atoms with E-state index >= 15 is 0 Å². The summed E-state index contributed by atoms with van der Waals surface area (Å²) in [6.45, 7) is 1.34. The summed E-state index contributed by atoms with van der Waals surface area (Å²) in [5.74, 6) is -0.249. The van der Waals surface area contributed by atoms with Gasteiger partial charge in [0.2, 0.25) is 0 Å². The molecule has 0 saturated carbocycles. The summed E-state index contributed by atoms with van der Waals surface area (Å²) in [7, 11) is 3.96. The summed E-state index contributed by atoms with van der Waals surface area (Å²) in [6.07, 6.45) is 0.780. The van der Waals surface area contributed by atoms with Crippen LogP contribution >= 0.6 is 22.7 Å². The number of rotatable bonds is 7. The number of carbonyl (C=O) groups is 1. The lowest BCUT2D eigenvalue weighted by atomic mass is 10.3. The molecule has 136 valence electrons. The highest BCUT2D eigenvalue weighted by molar-refractivity contribution is 7.22. The zero-order chi connectivity index (χ0) is 18.7. The molecule has 0 aliphatic rings. The van der Waals surface area contributed by atoms with E-state index in [0.29, 0.717) is 16.6 Å². The van der Waals surface area contributed by atoms with E-state index in [0.717, 1.165) is 34.5 Å². The van der Waals surface area contributed by atoms with Crippen LogP contribution in [0.5, 0.6) is 0 Å². The Balaban J connectivity index is 1.90. The van der Waals surface area contributed by atoms with Gasteiger partial charge >= 0.3 is 5.00 Å². The van der Waals surface area contributed by atoms with E-state index in [9.17, 15) is 14.9 Å². The number of aromatic nitrogens is 1. The molecule has 0 atom stereocenters. The van der Waals surface area contributed by atoms with E-state index in [2.05, 4.69) is 9.88 Å². The van der Waals surface area contributed by atoms with Gasteiger partial charge in [-0.05, 0) is 45.3 Å². The van der Waals surface area contributed by atoms with Crippen LogP contribution in [0, 0.1) is 10.1 Å². The third-order valence-corrected chi connectivity index (χ3v) is 5.81. The minimum Gasteiger partial charge on any atom is -0.309 e. The minimum absolute atomic E-state index is 0.0362. The SMILES string of the molecule is CN(C)CCCN(C(=O)c1ccc([N+](=O)[O-])s1)c1nc2ccccc2s1. The van der Waals surface area contributed by atoms with Crippen molar-refractivity contribution in [1.82, 2.24) is 9.88 Å². The number of amides is 1. The smallest absolute Gasteiger partial charge is 0.309 e. The first-order valence-corrected chi connectivity index (χ1v) is 9.65. The van der Waals surface area contributed by atoms with E-state index in [1.807, 2.05) is 38.4 Å². The molecule has 2 aromatic heterocycles. The maximum atomic E-state index is 13.0. The average Bonchev–Trinajstić information content (AvgIpc) is 3.24. The van der Waals surface area contributed by atoms with Crippen molar-refractivity contribution in [1.29, 1.82) is 0 Å². The Bertz CT molecular complexity index is 902. The molecule has 9 heteroatoms. The van der Waals surface area contributed by atoms with Crippen LogP contribution < -0.4 is 4.90 Å². The molecular formula is C17H18N4O3S2.